The molecule has 1 fully saturated rings. The predicted octanol–water partition coefficient (Wildman–Crippen LogP) is 1.12. The lowest BCUT2D eigenvalue weighted by Crippen LogP contribution is -2.40. The van der Waals surface area contributed by atoms with Crippen molar-refractivity contribution in [3.8, 4) is 0 Å². The van der Waals surface area contributed by atoms with Crippen LogP contribution < -0.4 is 0 Å². The second kappa shape index (κ2) is 6.14. The van der Waals surface area contributed by atoms with E-state index in [9.17, 15) is 4.79 Å². The number of likely N-dealkylation sites (N-methyl/N-ethyl adjacent to an activating group) is 1. The van der Waals surface area contributed by atoms with Crippen molar-refractivity contribution < 1.29 is 4.79 Å². The molecule has 2 heterocycles. The zero-order valence-corrected chi connectivity index (χ0v) is 12.0. The van der Waals surface area contributed by atoms with Crippen molar-refractivity contribution in [1.29, 1.82) is 0 Å². The summed E-state index contributed by atoms with van der Waals surface area (Å²) in [6.45, 7) is 8.90. The van der Waals surface area contributed by atoms with E-state index in [0.29, 0.717) is 6.54 Å². The number of aromatic amines is 1. The molecule has 1 unspecified atom stereocenters. The standard InChI is InChI=1S/C13H23N5O/c1-4-17(5-2)12(19)9-18-8-6-7-11(18)13-14-10(3)15-16-13/h11H,4-9H2,1-3H3,(H,14,15,16). The van der Waals surface area contributed by atoms with E-state index in [-0.39, 0.29) is 11.9 Å². The fraction of sp³-hybridized carbons (Fsp3) is 0.769. The predicted molar refractivity (Wildman–Crippen MR) is 72.6 cm³/mol. The van der Waals surface area contributed by atoms with E-state index >= 15 is 0 Å². The Morgan fingerprint density at radius 2 is 2.21 bits per heavy atom. The third kappa shape index (κ3) is 3.12. The summed E-state index contributed by atoms with van der Waals surface area (Å²) in [5.74, 6) is 1.85. The monoisotopic (exact) mass is 265 g/mol. The van der Waals surface area contributed by atoms with Crippen LogP contribution in [0.15, 0.2) is 0 Å². The van der Waals surface area contributed by atoms with Gasteiger partial charge in [-0.1, -0.05) is 0 Å². The first kappa shape index (κ1) is 14.0. The summed E-state index contributed by atoms with van der Waals surface area (Å²) in [6.07, 6.45) is 2.13. The van der Waals surface area contributed by atoms with Crippen LogP contribution in [0.4, 0.5) is 0 Å². The lowest BCUT2D eigenvalue weighted by atomic mass is 10.2. The van der Waals surface area contributed by atoms with E-state index in [2.05, 4.69) is 20.1 Å². The third-order valence-electron chi connectivity index (χ3n) is 3.73. The number of aryl methyl sites for hydroxylation is 1. The number of H-pyrrole nitrogens is 1. The number of rotatable bonds is 5. The second-order valence-corrected chi connectivity index (χ2v) is 4.97. The van der Waals surface area contributed by atoms with Gasteiger partial charge in [-0.3, -0.25) is 14.8 Å². The van der Waals surface area contributed by atoms with Gasteiger partial charge < -0.3 is 4.90 Å². The quantitative estimate of drug-likeness (QED) is 0.866. The molecule has 1 saturated heterocycles. The Balaban J connectivity index is 2.01. The second-order valence-electron chi connectivity index (χ2n) is 4.97. The molecule has 1 aromatic heterocycles. The first-order chi connectivity index (χ1) is 9.15. The highest BCUT2D eigenvalue weighted by molar-refractivity contribution is 5.78. The minimum Gasteiger partial charge on any atom is -0.342 e. The molecule has 0 aromatic carbocycles. The average Bonchev–Trinajstić information content (AvgIpc) is 2.99. The van der Waals surface area contributed by atoms with Gasteiger partial charge in [0.15, 0.2) is 5.82 Å². The molecule has 1 aromatic rings. The van der Waals surface area contributed by atoms with Gasteiger partial charge in [0.25, 0.3) is 0 Å². The van der Waals surface area contributed by atoms with Crippen molar-refractivity contribution in [3.63, 3.8) is 0 Å². The van der Waals surface area contributed by atoms with Crippen LogP contribution in [0.1, 0.15) is 44.4 Å². The van der Waals surface area contributed by atoms with E-state index in [4.69, 9.17) is 0 Å². The Labute approximate surface area is 114 Å². The Hall–Kier alpha value is -1.43. The Morgan fingerprint density at radius 1 is 1.47 bits per heavy atom. The molecular weight excluding hydrogens is 242 g/mol. The number of carbonyl (C=O) groups is 1. The van der Waals surface area contributed by atoms with E-state index in [1.165, 1.54) is 0 Å². The van der Waals surface area contributed by atoms with Crippen molar-refractivity contribution in [1.82, 2.24) is 25.0 Å². The number of nitrogens with one attached hydrogen (secondary N) is 1. The minimum atomic E-state index is 0.185. The summed E-state index contributed by atoms with van der Waals surface area (Å²) in [7, 11) is 0. The summed E-state index contributed by atoms with van der Waals surface area (Å²) in [4.78, 5) is 20.7. The van der Waals surface area contributed by atoms with Gasteiger partial charge in [-0.15, -0.1) is 0 Å². The maximum atomic E-state index is 12.2. The molecule has 0 radical (unpaired) electrons. The van der Waals surface area contributed by atoms with Crippen LogP contribution in [0, 0.1) is 6.92 Å². The molecule has 0 bridgehead atoms. The zero-order chi connectivity index (χ0) is 13.8. The molecule has 6 nitrogen and oxygen atoms in total. The Morgan fingerprint density at radius 3 is 2.79 bits per heavy atom. The number of amides is 1. The summed E-state index contributed by atoms with van der Waals surface area (Å²) in [5.41, 5.74) is 0. The molecule has 1 amide bonds. The van der Waals surface area contributed by atoms with E-state index in [0.717, 1.165) is 44.1 Å². The first-order valence-corrected chi connectivity index (χ1v) is 7.06. The third-order valence-corrected chi connectivity index (χ3v) is 3.73. The van der Waals surface area contributed by atoms with Crippen molar-refractivity contribution in [2.45, 2.75) is 39.7 Å². The summed E-state index contributed by atoms with van der Waals surface area (Å²) in [6, 6.07) is 0.185. The van der Waals surface area contributed by atoms with Gasteiger partial charge in [0.1, 0.15) is 5.82 Å². The van der Waals surface area contributed by atoms with Gasteiger partial charge in [-0.2, -0.15) is 5.10 Å². The molecule has 19 heavy (non-hydrogen) atoms. The fourth-order valence-corrected chi connectivity index (χ4v) is 2.67. The van der Waals surface area contributed by atoms with Gasteiger partial charge in [0.2, 0.25) is 5.91 Å². The summed E-state index contributed by atoms with van der Waals surface area (Å²) >= 11 is 0. The summed E-state index contributed by atoms with van der Waals surface area (Å²) in [5, 5.41) is 7.12. The lowest BCUT2D eigenvalue weighted by molar-refractivity contribution is -0.132. The number of carbonyl (C=O) groups excluding carboxylic acids is 1. The molecule has 0 saturated carbocycles. The highest BCUT2D eigenvalue weighted by Gasteiger charge is 2.31. The van der Waals surface area contributed by atoms with Crippen LogP contribution >= 0.6 is 0 Å². The normalized spacial score (nSPS) is 19.8. The van der Waals surface area contributed by atoms with E-state index in [1.807, 2.05) is 25.7 Å². The maximum Gasteiger partial charge on any atom is 0.236 e. The van der Waals surface area contributed by atoms with Gasteiger partial charge >= 0.3 is 0 Å². The van der Waals surface area contributed by atoms with Crippen LogP contribution in [-0.4, -0.2) is 57.1 Å². The van der Waals surface area contributed by atoms with Crippen molar-refractivity contribution in [2.24, 2.45) is 0 Å². The minimum absolute atomic E-state index is 0.185. The molecule has 0 aliphatic carbocycles. The molecule has 2 rings (SSSR count). The van der Waals surface area contributed by atoms with Gasteiger partial charge in [-0.25, -0.2) is 4.98 Å². The van der Waals surface area contributed by atoms with Gasteiger partial charge in [0, 0.05) is 13.1 Å². The van der Waals surface area contributed by atoms with Crippen LogP contribution in [0.25, 0.3) is 0 Å². The average molecular weight is 265 g/mol. The number of hydrogen-bond donors (Lipinski definition) is 1. The SMILES string of the molecule is CCN(CC)C(=O)CN1CCCC1c1n[nH]c(C)n1. The first-order valence-electron chi connectivity index (χ1n) is 7.06. The summed E-state index contributed by atoms with van der Waals surface area (Å²) < 4.78 is 0. The van der Waals surface area contributed by atoms with Crippen molar-refractivity contribution in [2.75, 3.05) is 26.2 Å². The molecule has 0 spiro atoms. The number of aromatic nitrogens is 3. The molecule has 1 aliphatic rings. The molecule has 106 valence electrons. The number of likely N-dealkylation sites (tertiary alicyclic amines) is 1. The molecule has 1 N–H and O–H groups in total. The van der Waals surface area contributed by atoms with Gasteiger partial charge in [0.05, 0.1) is 12.6 Å². The topological polar surface area (TPSA) is 65.1 Å². The molecular formula is C13H23N5O. The highest BCUT2D eigenvalue weighted by atomic mass is 16.2. The lowest BCUT2D eigenvalue weighted by Gasteiger charge is -2.25. The van der Waals surface area contributed by atoms with E-state index in [1.54, 1.807) is 0 Å². The molecule has 6 heteroatoms. The van der Waals surface area contributed by atoms with Crippen LogP contribution in [0.2, 0.25) is 0 Å². The largest absolute Gasteiger partial charge is 0.342 e. The van der Waals surface area contributed by atoms with E-state index < -0.39 is 0 Å². The Kier molecular flexibility index (Phi) is 4.52. The highest BCUT2D eigenvalue weighted by Crippen LogP contribution is 2.29. The van der Waals surface area contributed by atoms with Crippen molar-refractivity contribution >= 4 is 5.91 Å². The number of hydrogen-bond acceptors (Lipinski definition) is 4. The van der Waals surface area contributed by atoms with Crippen molar-refractivity contribution in [3.05, 3.63) is 11.6 Å². The smallest absolute Gasteiger partial charge is 0.236 e. The molecule has 1 atom stereocenters. The molecule has 1 aliphatic heterocycles. The Bertz CT molecular complexity index is 426. The fourth-order valence-electron chi connectivity index (χ4n) is 2.67. The van der Waals surface area contributed by atoms with Gasteiger partial charge in [-0.05, 0) is 40.2 Å². The maximum absolute atomic E-state index is 12.2. The van der Waals surface area contributed by atoms with Crippen LogP contribution in [0.5, 0.6) is 0 Å². The number of nitrogens with zero attached hydrogens (tertiary/aromatic N) is 4. The zero-order valence-electron chi connectivity index (χ0n) is 12.0. The van der Waals surface area contributed by atoms with Crippen LogP contribution in [-0.2, 0) is 4.79 Å². The van der Waals surface area contributed by atoms with Crippen LogP contribution in [0.3, 0.4) is 0 Å².